The first-order valence-electron chi connectivity index (χ1n) is 8.24. The van der Waals surface area contributed by atoms with Gasteiger partial charge in [-0.3, -0.25) is 4.79 Å². The molecule has 1 aromatic rings. The molecule has 3 heteroatoms. The molecule has 0 amide bonds. The van der Waals surface area contributed by atoms with Crippen LogP contribution in [-0.2, 0) is 4.79 Å². The lowest BCUT2D eigenvalue weighted by Gasteiger charge is -2.31. The molecule has 21 heavy (non-hydrogen) atoms. The van der Waals surface area contributed by atoms with E-state index in [2.05, 4.69) is 42.6 Å². The zero-order valence-electron chi connectivity index (χ0n) is 12.9. The summed E-state index contributed by atoms with van der Waals surface area (Å²) in [6.07, 6.45) is 7.23. The van der Waals surface area contributed by atoms with Crippen molar-refractivity contribution in [2.75, 3.05) is 0 Å². The first-order valence-corrected chi connectivity index (χ1v) is 8.24. The highest BCUT2D eigenvalue weighted by Gasteiger charge is 2.26. The molecule has 2 rings (SSSR count). The third-order valence-electron chi connectivity index (χ3n) is 4.58. The lowest BCUT2D eigenvalue weighted by molar-refractivity contribution is -0.140. The van der Waals surface area contributed by atoms with Crippen LogP contribution in [0.2, 0.25) is 0 Å². The van der Waals surface area contributed by atoms with Gasteiger partial charge in [0.1, 0.15) is 6.04 Å². The first-order chi connectivity index (χ1) is 10.2. The minimum atomic E-state index is -0.700. The molecule has 1 aliphatic carbocycles. The molecule has 1 unspecified atom stereocenters. The summed E-state index contributed by atoms with van der Waals surface area (Å²) < 4.78 is 0. The number of carboxylic acids is 1. The largest absolute Gasteiger partial charge is 0.480 e. The lowest BCUT2D eigenvalue weighted by Crippen LogP contribution is -2.44. The Balaban J connectivity index is 1.81. The highest BCUT2D eigenvalue weighted by molar-refractivity contribution is 5.73. The van der Waals surface area contributed by atoms with E-state index < -0.39 is 5.97 Å². The molecule has 0 saturated heterocycles. The average Bonchev–Trinajstić information content (AvgIpc) is 2.52. The lowest BCUT2D eigenvalue weighted by atomic mass is 9.81. The van der Waals surface area contributed by atoms with Gasteiger partial charge >= 0.3 is 5.97 Å². The van der Waals surface area contributed by atoms with Crippen molar-refractivity contribution in [3.8, 4) is 0 Å². The van der Waals surface area contributed by atoms with Crippen molar-refractivity contribution in [2.45, 2.75) is 69.9 Å². The normalized spacial score (nSPS) is 23.7. The number of unbranched alkanes of at least 4 members (excludes halogenated alkanes) is 1. The monoisotopic (exact) mass is 289 g/mol. The molecule has 1 saturated carbocycles. The molecule has 0 aliphatic heterocycles. The minimum absolute atomic E-state index is 0.364. The molecule has 0 heterocycles. The number of hydrogen-bond acceptors (Lipinski definition) is 2. The highest BCUT2D eigenvalue weighted by atomic mass is 16.4. The van der Waals surface area contributed by atoms with Gasteiger partial charge in [0.05, 0.1) is 0 Å². The van der Waals surface area contributed by atoms with Gasteiger partial charge in [0.2, 0.25) is 0 Å². The Morgan fingerprint density at radius 1 is 1.24 bits per heavy atom. The maximum Gasteiger partial charge on any atom is 0.320 e. The molecule has 0 bridgehead atoms. The summed E-state index contributed by atoms with van der Waals surface area (Å²) in [5.41, 5.74) is 1.43. The fraction of sp³-hybridized carbons (Fsp3) is 0.611. The van der Waals surface area contributed by atoms with E-state index in [4.69, 9.17) is 0 Å². The maximum atomic E-state index is 11.3. The molecule has 1 aliphatic rings. The van der Waals surface area contributed by atoms with Crippen LogP contribution in [0.25, 0.3) is 0 Å². The smallest absolute Gasteiger partial charge is 0.320 e. The van der Waals surface area contributed by atoms with Crippen LogP contribution in [0.15, 0.2) is 30.3 Å². The van der Waals surface area contributed by atoms with Crippen molar-refractivity contribution in [3.63, 3.8) is 0 Å². The summed E-state index contributed by atoms with van der Waals surface area (Å²) in [4.78, 5) is 11.3. The number of nitrogens with one attached hydrogen (secondary N) is 1. The Hall–Kier alpha value is -1.35. The SMILES string of the molecule is CCCCC(NC1CCC(c2ccccc2)CC1)C(=O)O. The van der Waals surface area contributed by atoms with Gasteiger partial charge in [-0.15, -0.1) is 0 Å². The van der Waals surface area contributed by atoms with Crippen LogP contribution < -0.4 is 5.32 Å². The molecule has 116 valence electrons. The van der Waals surface area contributed by atoms with E-state index in [9.17, 15) is 9.90 Å². The average molecular weight is 289 g/mol. The van der Waals surface area contributed by atoms with Gasteiger partial charge in [-0.1, -0.05) is 50.1 Å². The van der Waals surface area contributed by atoms with Crippen molar-refractivity contribution in [2.24, 2.45) is 0 Å². The summed E-state index contributed by atoms with van der Waals surface area (Å²) >= 11 is 0. The molecule has 0 radical (unpaired) electrons. The third-order valence-corrected chi connectivity index (χ3v) is 4.58. The zero-order valence-corrected chi connectivity index (χ0v) is 12.9. The molecule has 3 nitrogen and oxygen atoms in total. The maximum absolute atomic E-state index is 11.3. The van der Waals surface area contributed by atoms with E-state index in [1.165, 1.54) is 5.56 Å². The summed E-state index contributed by atoms with van der Waals surface area (Å²) in [6.45, 7) is 2.10. The molecule has 1 aromatic carbocycles. The van der Waals surface area contributed by atoms with Gasteiger partial charge in [-0.05, 0) is 43.6 Å². The van der Waals surface area contributed by atoms with Crippen molar-refractivity contribution < 1.29 is 9.90 Å². The minimum Gasteiger partial charge on any atom is -0.480 e. The predicted octanol–water partition coefficient (Wildman–Crippen LogP) is 3.95. The molecule has 1 fully saturated rings. The third kappa shape index (κ3) is 4.85. The van der Waals surface area contributed by atoms with E-state index in [1.54, 1.807) is 0 Å². The van der Waals surface area contributed by atoms with Crippen molar-refractivity contribution in [1.82, 2.24) is 5.32 Å². The van der Waals surface area contributed by atoms with Crippen LogP contribution in [-0.4, -0.2) is 23.2 Å². The summed E-state index contributed by atoms with van der Waals surface area (Å²) in [5, 5.41) is 12.7. The fourth-order valence-electron chi connectivity index (χ4n) is 3.29. The van der Waals surface area contributed by atoms with Crippen molar-refractivity contribution in [3.05, 3.63) is 35.9 Å². The van der Waals surface area contributed by atoms with E-state index in [1.807, 2.05) is 0 Å². The Morgan fingerprint density at radius 2 is 1.90 bits per heavy atom. The van der Waals surface area contributed by atoms with Gasteiger partial charge in [0.15, 0.2) is 0 Å². The second-order valence-electron chi connectivity index (χ2n) is 6.16. The standard InChI is InChI=1S/C18H27NO2/c1-2-3-9-17(18(20)21)19-16-12-10-15(11-13-16)14-7-5-4-6-8-14/h4-8,15-17,19H,2-3,9-13H2,1H3,(H,20,21). The number of hydrogen-bond donors (Lipinski definition) is 2. The van der Waals surface area contributed by atoms with Gasteiger partial charge in [0.25, 0.3) is 0 Å². The number of carbonyl (C=O) groups is 1. The second-order valence-corrected chi connectivity index (χ2v) is 6.16. The number of carboxylic acid groups (broad SMARTS) is 1. The summed E-state index contributed by atoms with van der Waals surface area (Å²) in [6, 6.07) is 10.7. The predicted molar refractivity (Wildman–Crippen MR) is 85.5 cm³/mol. The van der Waals surface area contributed by atoms with E-state index in [-0.39, 0.29) is 6.04 Å². The van der Waals surface area contributed by atoms with E-state index in [0.29, 0.717) is 12.0 Å². The van der Waals surface area contributed by atoms with Crippen molar-refractivity contribution >= 4 is 5.97 Å². The number of rotatable bonds is 7. The first kappa shape index (κ1) is 16.0. The quantitative estimate of drug-likeness (QED) is 0.799. The van der Waals surface area contributed by atoms with Crippen LogP contribution in [0.3, 0.4) is 0 Å². The molecule has 1 atom stereocenters. The highest BCUT2D eigenvalue weighted by Crippen LogP contribution is 2.32. The van der Waals surface area contributed by atoms with Crippen LogP contribution >= 0.6 is 0 Å². The number of aliphatic carboxylic acids is 1. The van der Waals surface area contributed by atoms with E-state index >= 15 is 0 Å². The fourth-order valence-corrected chi connectivity index (χ4v) is 3.29. The van der Waals surface area contributed by atoms with Crippen LogP contribution in [0.4, 0.5) is 0 Å². The Morgan fingerprint density at radius 3 is 2.48 bits per heavy atom. The van der Waals surface area contributed by atoms with Gasteiger partial charge < -0.3 is 10.4 Å². The second kappa shape index (κ2) is 8.18. The molecule has 0 spiro atoms. The zero-order chi connectivity index (χ0) is 15.1. The van der Waals surface area contributed by atoms with Gasteiger partial charge in [-0.2, -0.15) is 0 Å². The van der Waals surface area contributed by atoms with Crippen LogP contribution in [0, 0.1) is 0 Å². The molecule has 0 aromatic heterocycles. The van der Waals surface area contributed by atoms with Crippen LogP contribution in [0.5, 0.6) is 0 Å². The van der Waals surface area contributed by atoms with Crippen LogP contribution in [0.1, 0.15) is 63.4 Å². The topological polar surface area (TPSA) is 49.3 Å². The van der Waals surface area contributed by atoms with E-state index in [0.717, 1.165) is 44.9 Å². The Labute approximate surface area is 127 Å². The Bertz CT molecular complexity index is 424. The van der Waals surface area contributed by atoms with Crippen molar-refractivity contribution in [1.29, 1.82) is 0 Å². The summed E-state index contributed by atoms with van der Waals surface area (Å²) in [5.74, 6) is -0.0585. The molecular formula is C18H27NO2. The summed E-state index contributed by atoms with van der Waals surface area (Å²) in [7, 11) is 0. The number of benzene rings is 1. The molecule has 2 N–H and O–H groups in total. The molecular weight excluding hydrogens is 262 g/mol. The van der Waals surface area contributed by atoms with Gasteiger partial charge in [0, 0.05) is 6.04 Å². The van der Waals surface area contributed by atoms with Gasteiger partial charge in [-0.25, -0.2) is 0 Å². The Kier molecular flexibility index (Phi) is 6.24.